The molecule has 0 saturated heterocycles. The van der Waals surface area contributed by atoms with Crippen LogP contribution in [0.5, 0.6) is 0 Å². The highest BCUT2D eigenvalue weighted by atomic mass is 16.5. The van der Waals surface area contributed by atoms with Gasteiger partial charge in [0.1, 0.15) is 6.54 Å². The Morgan fingerprint density at radius 3 is 2.86 bits per heavy atom. The second-order valence-corrected chi connectivity index (χ2v) is 5.27. The van der Waals surface area contributed by atoms with Crippen LogP contribution in [0.2, 0.25) is 0 Å². The Balaban J connectivity index is 2.04. The summed E-state index contributed by atoms with van der Waals surface area (Å²) in [5.74, 6) is 1.65. The van der Waals surface area contributed by atoms with Gasteiger partial charge in [0.25, 0.3) is 0 Å². The molecule has 0 radical (unpaired) electrons. The summed E-state index contributed by atoms with van der Waals surface area (Å²) in [5, 5.41) is 7.30. The number of nitrogens with one attached hydrogen (secondary N) is 1. The van der Waals surface area contributed by atoms with E-state index in [1.54, 1.807) is 0 Å². The molecular weight excluding hydrogens is 278 g/mol. The molecule has 0 aliphatic heterocycles. The largest absolute Gasteiger partial charge is 0.359 e. The van der Waals surface area contributed by atoms with Crippen LogP contribution in [0.1, 0.15) is 31.0 Å². The fourth-order valence-electron chi connectivity index (χ4n) is 2.20. The quantitative estimate of drug-likeness (QED) is 0.656. The molecule has 0 atom stereocenters. The standard InChI is InChI=1S/C16H25N5O/c1-5-13-10-15(22-19-13)11-18-16(17-6-2)21(4)12-14-8-7-9-20(14)3/h7-10H,5-6,11-12H2,1-4H3,(H,17,18). The topological polar surface area (TPSA) is 58.6 Å². The average molecular weight is 303 g/mol. The zero-order valence-corrected chi connectivity index (χ0v) is 13.8. The zero-order chi connectivity index (χ0) is 15.9. The van der Waals surface area contributed by atoms with Crippen molar-refractivity contribution in [2.24, 2.45) is 12.0 Å². The van der Waals surface area contributed by atoms with Gasteiger partial charge >= 0.3 is 0 Å². The molecule has 0 aromatic carbocycles. The molecule has 2 heterocycles. The summed E-state index contributed by atoms with van der Waals surface area (Å²) >= 11 is 0. The second-order valence-electron chi connectivity index (χ2n) is 5.27. The van der Waals surface area contributed by atoms with Crippen molar-refractivity contribution in [2.45, 2.75) is 33.4 Å². The van der Waals surface area contributed by atoms with Gasteiger partial charge in [-0.3, -0.25) is 0 Å². The van der Waals surface area contributed by atoms with E-state index in [1.165, 1.54) is 5.69 Å². The fraction of sp³-hybridized carbons (Fsp3) is 0.500. The summed E-state index contributed by atoms with van der Waals surface area (Å²) < 4.78 is 7.40. The first kappa shape index (κ1) is 16.1. The van der Waals surface area contributed by atoms with Crippen molar-refractivity contribution in [3.8, 4) is 0 Å². The van der Waals surface area contributed by atoms with Gasteiger partial charge in [-0.05, 0) is 25.5 Å². The highest BCUT2D eigenvalue weighted by Crippen LogP contribution is 2.07. The Labute approximate surface area is 131 Å². The summed E-state index contributed by atoms with van der Waals surface area (Å²) in [7, 11) is 4.08. The van der Waals surface area contributed by atoms with Gasteiger partial charge in [-0.2, -0.15) is 0 Å². The lowest BCUT2D eigenvalue weighted by Gasteiger charge is -2.22. The number of guanidine groups is 1. The number of aromatic nitrogens is 2. The maximum Gasteiger partial charge on any atom is 0.194 e. The van der Waals surface area contributed by atoms with Crippen molar-refractivity contribution in [3.05, 3.63) is 41.5 Å². The Hall–Kier alpha value is -2.24. The van der Waals surface area contributed by atoms with Crippen molar-refractivity contribution in [1.82, 2.24) is 19.9 Å². The van der Waals surface area contributed by atoms with Gasteiger partial charge in [0.05, 0.1) is 12.2 Å². The van der Waals surface area contributed by atoms with Crippen LogP contribution in [0.4, 0.5) is 0 Å². The highest BCUT2D eigenvalue weighted by molar-refractivity contribution is 5.79. The number of aliphatic imine (C=N–C) groups is 1. The van der Waals surface area contributed by atoms with E-state index in [9.17, 15) is 0 Å². The molecule has 0 aliphatic carbocycles. The first-order valence-corrected chi connectivity index (χ1v) is 7.68. The summed E-state index contributed by atoms with van der Waals surface area (Å²) in [5.41, 5.74) is 2.20. The predicted molar refractivity (Wildman–Crippen MR) is 87.6 cm³/mol. The Morgan fingerprint density at radius 2 is 2.27 bits per heavy atom. The summed E-state index contributed by atoms with van der Waals surface area (Å²) in [6.07, 6.45) is 2.93. The zero-order valence-electron chi connectivity index (χ0n) is 13.8. The molecule has 2 aromatic heterocycles. The molecule has 6 nitrogen and oxygen atoms in total. The van der Waals surface area contributed by atoms with Gasteiger partial charge in [0, 0.05) is 38.6 Å². The first-order valence-electron chi connectivity index (χ1n) is 7.68. The summed E-state index contributed by atoms with van der Waals surface area (Å²) in [4.78, 5) is 6.74. The molecule has 0 fully saturated rings. The predicted octanol–water partition coefficient (Wildman–Crippen LogP) is 2.17. The molecule has 0 spiro atoms. The van der Waals surface area contributed by atoms with Crippen LogP contribution in [0.15, 0.2) is 33.9 Å². The second kappa shape index (κ2) is 7.68. The Kier molecular flexibility index (Phi) is 5.63. The molecule has 0 saturated carbocycles. The van der Waals surface area contributed by atoms with Crippen molar-refractivity contribution in [1.29, 1.82) is 0 Å². The third-order valence-electron chi connectivity index (χ3n) is 3.50. The van der Waals surface area contributed by atoms with Gasteiger partial charge in [0.2, 0.25) is 0 Å². The van der Waals surface area contributed by atoms with Crippen molar-refractivity contribution in [2.75, 3.05) is 13.6 Å². The van der Waals surface area contributed by atoms with Crippen molar-refractivity contribution in [3.63, 3.8) is 0 Å². The minimum atomic E-state index is 0.493. The number of rotatable bonds is 6. The summed E-state index contributed by atoms with van der Waals surface area (Å²) in [6.45, 7) is 6.24. The van der Waals surface area contributed by atoms with Crippen molar-refractivity contribution >= 4 is 5.96 Å². The van der Waals surface area contributed by atoms with E-state index in [1.807, 2.05) is 32.4 Å². The first-order chi connectivity index (χ1) is 10.6. The minimum Gasteiger partial charge on any atom is -0.359 e. The Morgan fingerprint density at radius 1 is 1.45 bits per heavy atom. The minimum absolute atomic E-state index is 0.493. The van der Waals surface area contributed by atoms with Crippen LogP contribution in [0.25, 0.3) is 0 Å². The molecular formula is C16H25N5O. The van der Waals surface area contributed by atoms with Crippen LogP contribution in [-0.4, -0.2) is 34.2 Å². The lowest BCUT2D eigenvalue weighted by molar-refractivity contribution is 0.378. The van der Waals surface area contributed by atoms with E-state index < -0.39 is 0 Å². The SMILES string of the molecule is CCNC(=NCc1cc(CC)no1)N(C)Cc1cccn1C. The van der Waals surface area contributed by atoms with E-state index >= 15 is 0 Å². The van der Waals surface area contributed by atoms with E-state index in [0.29, 0.717) is 6.54 Å². The van der Waals surface area contributed by atoms with E-state index in [2.05, 4.69) is 44.8 Å². The van der Waals surface area contributed by atoms with Gasteiger partial charge in [-0.15, -0.1) is 0 Å². The van der Waals surface area contributed by atoms with Crippen molar-refractivity contribution < 1.29 is 4.52 Å². The van der Waals surface area contributed by atoms with Crippen LogP contribution < -0.4 is 5.32 Å². The molecule has 6 heteroatoms. The molecule has 0 bridgehead atoms. The lowest BCUT2D eigenvalue weighted by Crippen LogP contribution is -2.38. The summed E-state index contributed by atoms with van der Waals surface area (Å²) in [6, 6.07) is 6.13. The monoisotopic (exact) mass is 303 g/mol. The smallest absolute Gasteiger partial charge is 0.194 e. The molecule has 0 amide bonds. The third kappa shape index (κ3) is 4.13. The van der Waals surface area contributed by atoms with Gasteiger partial charge in [0.15, 0.2) is 11.7 Å². The van der Waals surface area contributed by atoms with Gasteiger partial charge < -0.3 is 19.3 Å². The molecule has 1 N–H and O–H groups in total. The molecule has 22 heavy (non-hydrogen) atoms. The van der Waals surface area contributed by atoms with Gasteiger partial charge in [-0.1, -0.05) is 12.1 Å². The van der Waals surface area contributed by atoms with Crippen LogP contribution in [-0.2, 0) is 26.6 Å². The maximum atomic E-state index is 5.28. The number of nitrogens with zero attached hydrogens (tertiary/aromatic N) is 4. The normalized spacial score (nSPS) is 11.7. The number of aryl methyl sites for hydroxylation is 2. The Bertz CT molecular complexity index is 614. The van der Waals surface area contributed by atoms with E-state index in [0.717, 1.165) is 36.9 Å². The fourth-order valence-corrected chi connectivity index (χ4v) is 2.20. The van der Waals surface area contributed by atoms with E-state index in [4.69, 9.17) is 4.52 Å². The molecule has 2 aromatic rings. The molecule has 0 unspecified atom stereocenters. The highest BCUT2D eigenvalue weighted by Gasteiger charge is 2.09. The molecule has 120 valence electrons. The average Bonchev–Trinajstić information content (AvgIpc) is 3.13. The molecule has 0 aliphatic rings. The number of hydrogen-bond donors (Lipinski definition) is 1. The van der Waals surface area contributed by atoms with E-state index in [-0.39, 0.29) is 0 Å². The molecule has 2 rings (SSSR count). The van der Waals surface area contributed by atoms with Crippen LogP contribution in [0, 0.1) is 0 Å². The van der Waals surface area contributed by atoms with Crippen LogP contribution >= 0.6 is 0 Å². The number of hydrogen-bond acceptors (Lipinski definition) is 3. The van der Waals surface area contributed by atoms with Gasteiger partial charge in [-0.25, -0.2) is 4.99 Å². The van der Waals surface area contributed by atoms with Crippen LogP contribution in [0.3, 0.4) is 0 Å². The lowest BCUT2D eigenvalue weighted by atomic mass is 10.3. The third-order valence-corrected chi connectivity index (χ3v) is 3.50. The maximum absolute atomic E-state index is 5.28.